The van der Waals surface area contributed by atoms with Gasteiger partial charge in [-0.15, -0.1) is 11.3 Å². The van der Waals surface area contributed by atoms with E-state index in [4.69, 9.17) is 0 Å². The van der Waals surface area contributed by atoms with Gasteiger partial charge in [0.05, 0.1) is 6.10 Å². The summed E-state index contributed by atoms with van der Waals surface area (Å²) in [4.78, 5) is 30.5. The Morgan fingerprint density at radius 3 is 3.09 bits per heavy atom. The number of rotatable bonds is 3. The van der Waals surface area contributed by atoms with Crippen LogP contribution in [0, 0.1) is 12.3 Å². The molecule has 2 aromatic rings. The Morgan fingerprint density at radius 2 is 2.35 bits per heavy atom. The van der Waals surface area contributed by atoms with E-state index >= 15 is 0 Å². The van der Waals surface area contributed by atoms with Gasteiger partial charge in [0.25, 0.3) is 11.5 Å². The van der Waals surface area contributed by atoms with E-state index in [1.165, 1.54) is 21.9 Å². The molecule has 1 fully saturated rings. The number of aliphatic hydroxyl groups is 1. The van der Waals surface area contributed by atoms with Crippen molar-refractivity contribution in [1.29, 1.82) is 0 Å². The van der Waals surface area contributed by atoms with Crippen molar-refractivity contribution in [2.75, 3.05) is 6.54 Å². The summed E-state index contributed by atoms with van der Waals surface area (Å²) in [5.41, 5.74) is -0.652. The van der Waals surface area contributed by atoms with Gasteiger partial charge in [-0.05, 0) is 19.8 Å². The van der Waals surface area contributed by atoms with Crippen LogP contribution < -0.4 is 10.9 Å². The lowest BCUT2D eigenvalue weighted by Crippen LogP contribution is -2.46. The van der Waals surface area contributed by atoms with Gasteiger partial charge in [0.1, 0.15) is 5.56 Å². The number of aliphatic hydroxyl groups excluding tert-OH is 1. The predicted octanol–water partition coefficient (Wildman–Crippen LogP) is 1.74. The fourth-order valence-corrected chi connectivity index (χ4v) is 3.90. The number of fused-ring (bicyclic) bond motifs is 1. The average molecular weight is 335 g/mol. The largest absolute Gasteiger partial charge is 0.392 e. The van der Waals surface area contributed by atoms with Crippen molar-refractivity contribution >= 4 is 22.2 Å². The third-order valence-corrected chi connectivity index (χ3v) is 5.61. The molecule has 2 aromatic heterocycles. The van der Waals surface area contributed by atoms with Crippen molar-refractivity contribution < 1.29 is 9.90 Å². The molecule has 1 aliphatic carbocycles. The number of nitrogens with zero attached hydrogens (tertiary/aromatic N) is 2. The number of aryl methyl sites for hydroxylation is 1. The maximum atomic E-state index is 12.4. The van der Waals surface area contributed by atoms with E-state index in [9.17, 15) is 14.7 Å². The van der Waals surface area contributed by atoms with Crippen LogP contribution in [0.4, 0.5) is 0 Å². The van der Waals surface area contributed by atoms with Crippen molar-refractivity contribution in [3.05, 3.63) is 33.2 Å². The minimum absolute atomic E-state index is 0.0363. The number of nitrogens with one attached hydrogen (secondary N) is 1. The zero-order valence-corrected chi connectivity index (χ0v) is 14.2. The van der Waals surface area contributed by atoms with Gasteiger partial charge in [0.15, 0.2) is 4.96 Å². The Hall–Kier alpha value is -1.73. The van der Waals surface area contributed by atoms with E-state index in [0.29, 0.717) is 11.5 Å². The van der Waals surface area contributed by atoms with Gasteiger partial charge in [0.2, 0.25) is 0 Å². The molecule has 7 heteroatoms. The fourth-order valence-electron chi connectivity index (χ4n) is 3.12. The Kier molecular flexibility index (Phi) is 4.25. The molecule has 0 radical (unpaired) electrons. The van der Waals surface area contributed by atoms with E-state index in [2.05, 4.69) is 10.3 Å². The minimum Gasteiger partial charge on any atom is -0.392 e. The number of carbonyl (C=O) groups is 1. The molecule has 2 heterocycles. The fraction of sp³-hybridized carbons (Fsp3) is 0.562. The first-order valence-electron chi connectivity index (χ1n) is 7.85. The Labute approximate surface area is 138 Å². The van der Waals surface area contributed by atoms with Crippen LogP contribution >= 0.6 is 11.3 Å². The molecule has 23 heavy (non-hydrogen) atoms. The molecule has 2 N–H and O–H groups in total. The van der Waals surface area contributed by atoms with Gasteiger partial charge in [-0.1, -0.05) is 19.8 Å². The van der Waals surface area contributed by atoms with Gasteiger partial charge in [0, 0.05) is 29.2 Å². The van der Waals surface area contributed by atoms with Crippen molar-refractivity contribution in [3.63, 3.8) is 0 Å². The number of thiazole rings is 1. The summed E-state index contributed by atoms with van der Waals surface area (Å²) >= 11 is 1.41. The van der Waals surface area contributed by atoms with E-state index in [1.54, 1.807) is 6.20 Å². The van der Waals surface area contributed by atoms with Gasteiger partial charge in [-0.25, -0.2) is 4.98 Å². The zero-order chi connectivity index (χ0) is 16.6. The number of amides is 1. The van der Waals surface area contributed by atoms with Gasteiger partial charge in [-0.3, -0.25) is 14.0 Å². The molecule has 1 aliphatic rings. The summed E-state index contributed by atoms with van der Waals surface area (Å²) in [5.74, 6) is -0.431. The molecule has 0 bridgehead atoms. The molecule has 1 saturated carbocycles. The highest BCUT2D eigenvalue weighted by Gasteiger charge is 2.35. The summed E-state index contributed by atoms with van der Waals surface area (Å²) in [6.07, 6.45) is 6.31. The molecular formula is C16H21N3O3S. The first kappa shape index (κ1) is 16.1. The number of aromatic nitrogens is 2. The van der Waals surface area contributed by atoms with Crippen molar-refractivity contribution in [3.8, 4) is 0 Å². The topological polar surface area (TPSA) is 83.7 Å². The highest BCUT2D eigenvalue weighted by Crippen LogP contribution is 2.35. The summed E-state index contributed by atoms with van der Waals surface area (Å²) in [6.45, 7) is 4.23. The highest BCUT2D eigenvalue weighted by atomic mass is 32.1. The average Bonchev–Trinajstić information content (AvgIpc) is 2.90. The van der Waals surface area contributed by atoms with E-state index in [-0.39, 0.29) is 16.5 Å². The quantitative estimate of drug-likeness (QED) is 0.895. The van der Waals surface area contributed by atoms with Crippen LogP contribution in [-0.2, 0) is 0 Å². The molecule has 6 nitrogen and oxygen atoms in total. The first-order chi connectivity index (χ1) is 10.9. The first-order valence-corrected chi connectivity index (χ1v) is 8.66. The van der Waals surface area contributed by atoms with Crippen LogP contribution in [0.15, 0.2) is 17.2 Å². The van der Waals surface area contributed by atoms with Crippen LogP contribution in [0.2, 0.25) is 0 Å². The third kappa shape index (κ3) is 3.03. The molecule has 2 atom stereocenters. The van der Waals surface area contributed by atoms with Gasteiger partial charge in [-0.2, -0.15) is 0 Å². The number of carbonyl (C=O) groups excluding carboxylic acids is 1. The normalized spacial score (nSPS) is 24.7. The molecule has 124 valence electrons. The number of hydrogen-bond donors (Lipinski definition) is 2. The number of hydrogen-bond acceptors (Lipinski definition) is 5. The predicted molar refractivity (Wildman–Crippen MR) is 89.0 cm³/mol. The highest BCUT2D eigenvalue weighted by molar-refractivity contribution is 7.16. The standard InChI is InChI=1S/C16H21N3O3S/c1-10-8-19-14(22)11(7-17-15(19)23-10)13(21)18-9-16(2)6-4-3-5-12(16)20/h7-8,12,20H,3-6,9H2,1-2H3,(H,18,21). The van der Waals surface area contributed by atoms with Crippen molar-refractivity contribution in [1.82, 2.24) is 14.7 Å². The summed E-state index contributed by atoms with van der Waals surface area (Å²) in [6, 6.07) is 0. The molecule has 0 saturated heterocycles. The Bertz CT molecular complexity index is 797. The van der Waals surface area contributed by atoms with Crippen LogP contribution in [0.5, 0.6) is 0 Å². The Balaban J connectivity index is 1.78. The van der Waals surface area contributed by atoms with E-state index in [1.807, 2.05) is 13.8 Å². The maximum Gasteiger partial charge on any atom is 0.271 e. The molecule has 0 aliphatic heterocycles. The zero-order valence-electron chi connectivity index (χ0n) is 13.3. The lowest BCUT2D eigenvalue weighted by atomic mass is 9.73. The molecule has 0 spiro atoms. The van der Waals surface area contributed by atoms with Crippen LogP contribution in [0.25, 0.3) is 4.96 Å². The molecule has 2 unspecified atom stereocenters. The lowest BCUT2D eigenvalue weighted by Gasteiger charge is -2.38. The summed E-state index contributed by atoms with van der Waals surface area (Å²) in [7, 11) is 0. The van der Waals surface area contributed by atoms with Gasteiger partial charge < -0.3 is 10.4 Å². The SMILES string of the molecule is Cc1cn2c(=O)c(C(=O)NCC3(C)CCCCC3O)cnc2s1. The second kappa shape index (κ2) is 6.05. The minimum atomic E-state index is -0.431. The van der Waals surface area contributed by atoms with Gasteiger partial charge >= 0.3 is 0 Å². The van der Waals surface area contributed by atoms with Crippen LogP contribution in [-0.4, -0.2) is 33.0 Å². The van der Waals surface area contributed by atoms with Crippen LogP contribution in [0.3, 0.4) is 0 Å². The van der Waals surface area contributed by atoms with Crippen LogP contribution in [0.1, 0.15) is 47.8 Å². The summed E-state index contributed by atoms with van der Waals surface area (Å²) in [5, 5.41) is 13.0. The Morgan fingerprint density at radius 1 is 1.57 bits per heavy atom. The van der Waals surface area contributed by atoms with Crippen molar-refractivity contribution in [2.24, 2.45) is 5.41 Å². The molecule has 1 amide bonds. The smallest absolute Gasteiger partial charge is 0.271 e. The lowest BCUT2D eigenvalue weighted by molar-refractivity contribution is 0.00189. The van der Waals surface area contributed by atoms with Crippen molar-refractivity contribution in [2.45, 2.75) is 45.6 Å². The second-order valence-corrected chi connectivity index (χ2v) is 7.78. The maximum absolute atomic E-state index is 12.4. The second-order valence-electron chi connectivity index (χ2n) is 6.57. The van der Waals surface area contributed by atoms with E-state index in [0.717, 1.165) is 30.6 Å². The molecule has 3 rings (SSSR count). The monoisotopic (exact) mass is 335 g/mol. The molecule has 0 aromatic carbocycles. The summed E-state index contributed by atoms with van der Waals surface area (Å²) < 4.78 is 1.41. The van der Waals surface area contributed by atoms with E-state index < -0.39 is 12.0 Å². The third-order valence-electron chi connectivity index (χ3n) is 4.70. The molecular weight excluding hydrogens is 314 g/mol.